The van der Waals surface area contributed by atoms with Crippen molar-refractivity contribution in [2.45, 2.75) is 110 Å². The van der Waals surface area contributed by atoms with Crippen LogP contribution in [-0.4, -0.2) is 28.1 Å². The summed E-state index contributed by atoms with van der Waals surface area (Å²) >= 11 is 0. The molecule has 0 bridgehead atoms. The molecule has 6 heteroatoms. The van der Waals surface area contributed by atoms with Crippen molar-refractivity contribution in [2.24, 2.45) is 0 Å². The molecular weight excluding hydrogens is 334 g/mol. The number of hydrogen-bond acceptors (Lipinski definition) is 5. The van der Waals surface area contributed by atoms with Gasteiger partial charge in [-0.3, -0.25) is 14.8 Å². The van der Waals surface area contributed by atoms with Gasteiger partial charge in [0.15, 0.2) is 0 Å². The number of hydrogen-bond donors (Lipinski definition) is 1. The molecule has 1 heterocycles. The molecule has 152 valence electrons. The predicted molar refractivity (Wildman–Crippen MR) is 98.2 cm³/mol. The van der Waals surface area contributed by atoms with Gasteiger partial charge in [0.2, 0.25) is 0 Å². The first kappa shape index (κ1) is 24.6. The van der Waals surface area contributed by atoms with E-state index >= 15 is 0 Å². The molecule has 1 saturated heterocycles. The number of carbonyl (C=O) groups is 3. The molecule has 0 aromatic carbocycles. The molecule has 1 N–H and O–H groups in total. The minimum Gasteiger partial charge on any atom is -0.550 e. The van der Waals surface area contributed by atoms with Crippen molar-refractivity contribution in [1.82, 2.24) is 5.06 Å². The number of unbranched alkanes of at least 4 members (excludes halogenated alkanes) is 12. The molecule has 0 spiro atoms. The van der Waals surface area contributed by atoms with E-state index in [4.69, 9.17) is 5.21 Å². The molecule has 6 nitrogen and oxygen atoms in total. The van der Waals surface area contributed by atoms with Crippen molar-refractivity contribution < 1.29 is 24.7 Å². The zero-order chi connectivity index (χ0) is 19.6. The highest BCUT2D eigenvalue weighted by molar-refractivity contribution is 6.00. The van der Waals surface area contributed by atoms with E-state index in [1.807, 2.05) is 0 Å². The number of amides is 2. The van der Waals surface area contributed by atoms with E-state index in [1.165, 1.54) is 70.6 Å². The molecule has 0 saturated carbocycles. The highest BCUT2D eigenvalue weighted by atomic mass is 16.5. The Labute approximate surface area is 157 Å². The van der Waals surface area contributed by atoms with Crippen molar-refractivity contribution in [2.75, 3.05) is 0 Å². The molecular formula is C20H36NO5-. The average Bonchev–Trinajstić information content (AvgIpc) is 2.90. The van der Waals surface area contributed by atoms with Gasteiger partial charge in [0.25, 0.3) is 11.8 Å². The summed E-state index contributed by atoms with van der Waals surface area (Å²) in [6.07, 6.45) is 17.2. The van der Waals surface area contributed by atoms with E-state index < -0.39 is 17.8 Å². The van der Waals surface area contributed by atoms with E-state index in [-0.39, 0.29) is 24.3 Å². The molecule has 0 atom stereocenters. The number of hydroxylamine groups is 2. The van der Waals surface area contributed by atoms with Crippen LogP contribution >= 0.6 is 0 Å². The summed E-state index contributed by atoms with van der Waals surface area (Å²) in [6.45, 7) is 2.26. The Kier molecular flexibility index (Phi) is 16.1. The monoisotopic (exact) mass is 370 g/mol. The van der Waals surface area contributed by atoms with Gasteiger partial charge in [-0.15, -0.1) is 0 Å². The van der Waals surface area contributed by atoms with Gasteiger partial charge in [0.05, 0.1) is 0 Å². The number of carbonyl (C=O) groups excluding carboxylic acids is 3. The Morgan fingerprint density at radius 1 is 0.808 bits per heavy atom. The van der Waals surface area contributed by atoms with Crippen molar-refractivity contribution in [3.63, 3.8) is 0 Å². The zero-order valence-corrected chi connectivity index (χ0v) is 16.3. The minimum atomic E-state index is -0.905. The van der Waals surface area contributed by atoms with Crippen LogP contribution in [0.15, 0.2) is 0 Å². The molecule has 26 heavy (non-hydrogen) atoms. The van der Waals surface area contributed by atoms with Gasteiger partial charge in [-0.1, -0.05) is 84.0 Å². The third kappa shape index (κ3) is 14.9. The number of carboxylic acid groups (broad SMARTS) is 1. The van der Waals surface area contributed by atoms with E-state index in [2.05, 4.69) is 6.92 Å². The van der Waals surface area contributed by atoms with Gasteiger partial charge in [-0.05, 0) is 12.8 Å². The second kappa shape index (κ2) is 17.0. The summed E-state index contributed by atoms with van der Waals surface area (Å²) in [7, 11) is 0. The van der Waals surface area contributed by atoms with Crippen LogP contribution < -0.4 is 5.11 Å². The molecule has 1 aliphatic rings. The highest BCUT2D eigenvalue weighted by Crippen LogP contribution is 2.12. The van der Waals surface area contributed by atoms with Crippen LogP contribution in [0.3, 0.4) is 0 Å². The topological polar surface area (TPSA) is 97.7 Å². The summed E-state index contributed by atoms with van der Waals surface area (Å²) in [5.74, 6) is -1.91. The standard InChI is InChI=1S/C16H32O2.C4H5NO3/c1-2-3-4-5-6-7-8-9-10-11-12-13-14-15-16(17)18;6-3-1-2-4(7)5(3)8/h2-15H2,1H3,(H,17,18);8H,1-2H2/p-1. The lowest BCUT2D eigenvalue weighted by molar-refractivity contribution is -0.305. The fourth-order valence-corrected chi connectivity index (χ4v) is 2.85. The summed E-state index contributed by atoms with van der Waals surface area (Å²) in [6, 6.07) is 0. The van der Waals surface area contributed by atoms with Crippen LogP contribution in [0, 0.1) is 0 Å². The minimum absolute atomic E-state index is 0.148. The van der Waals surface area contributed by atoms with Gasteiger partial charge in [-0.25, -0.2) is 0 Å². The Bertz CT molecular complexity index is 382. The third-order valence-corrected chi connectivity index (χ3v) is 4.51. The van der Waals surface area contributed by atoms with Gasteiger partial charge in [-0.2, -0.15) is 5.06 Å². The molecule has 0 unspecified atom stereocenters. The fourth-order valence-electron chi connectivity index (χ4n) is 2.85. The van der Waals surface area contributed by atoms with Gasteiger partial charge in [0, 0.05) is 18.8 Å². The Hall–Kier alpha value is -1.43. The first-order chi connectivity index (χ1) is 12.5. The maximum absolute atomic E-state index is 10.2. The van der Waals surface area contributed by atoms with Gasteiger partial charge < -0.3 is 9.90 Å². The third-order valence-electron chi connectivity index (χ3n) is 4.51. The summed E-state index contributed by atoms with van der Waals surface area (Å²) < 4.78 is 0. The van der Waals surface area contributed by atoms with Gasteiger partial charge in [0.1, 0.15) is 0 Å². The predicted octanol–water partition coefficient (Wildman–Crippen LogP) is 3.74. The molecule has 0 aromatic rings. The second-order valence-electron chi connectivity index (χ2n) is 6.96. The average molecular weight is 371 g/mol. The summed E-state index contributed by atoms with van der Waals surface area (Å²) in [5.41, 5.74) is 0. The van der Waals surface area contributed by atoms with E-state index in [0.717, 1.165) is 12.8 Å². The molecule has 1 rings (SSSR count). The molecule has 0 aliphatic carbocycles. The van der Waals surface area contributed by atoms with Crippen LogP contribution in [0.2, 0.25) is 0 Å². The first-order valence-electron chi connectivity index (χ1n) is 10.2. The van der Waals surface area contributed by atoms with Crippen LogP contribution in [-0.2, 0) is 14.4 Å². The fraction of sp³-hybridized carbons (Fsp3) is 0.850. The first-order valence-corrected chi connectivity index (χ1v) is 10.2. The van der Waals surface area contributed by atoms with E-state index in [9.17, 15) is 19.5 Å². The van der Waals surface area contributed by atoms with Crippen molar-refractivity contribution >= 4 is 17.8 Å². The second-order valence-corrected chi connectivity index (χ2v) is 6.96. The molecule has 0 aromatic heterocycles. The van der Waals surface area contributed by atoms with Crippen LogP contribution in [0.25, 0.3) is 0 Å². The maximum atomic E-state index is 10.2. The van der Waals surface area contributed by atoms with Crippen molar-refractivity contribution in [1.29, 1.82) is 0 Å². The normalized spacial score (nSPS) is 13.7. The van der Waals surface area contributed by atoms with E-state index in [0.29, 0.717) is 0 Å². The molecule has 1 fully saturated rings. The van der Waals surface area contributed by atoms with Crippen molar-refractivity contribution in [3.8, 4) is 0 Å². The lowest BCUT2D eigenvalue weighted by atomic mass is 10.0. The lowest BCUT2D eigenvalue weighted by Gasteiger charge is -2.03. The van der Waals surface area contributed by atoms with E-state index in [1.54, 1.807) is 0 Å². The molecule has 2 amide bonds. The number of rotatable bonds is 14. The maximum Gasteiger partial charge on any atom is 0.253 e. The smallest absolute Gasteiger partial charge is 0.253 e. The number of carboxylic acids is 1. The SMILES string of the molecule is CCCCCCCCCCCCCCCC(=O)[O-].O=C1CCC(=O)N1O. The number of imide groups is 1. The Balaban J connectivity index is 0.000000642. The Morgan fingerprint density at radius 3 is 1.42 bits per heavy atom. The molecule has 0 radical (unpaired) electrons. The lowest BCUT2D eigenvalue weighted by Crippen LogP contribution is -2.24. The van der Waals surface area contributed by atoms with Gasteiger partial charge >= 0.3 is 0 Å². The molecule has 1 aliphatic heterocycles. The summed E-state index contributed by atoms with van der Waals surface area (Å²) in [5, 5.41) is 18.8. The zero-order valence-electron chi connectivity index (χ0n) is 16.3. The summed E-state index contributed by atoms with van der Waals surface area (Å²) in [4.78, 5) is 30.7. The largest absolute Gasteiger partial charge is 0.550 e. The highest BCUT2D eigenvalue weighted by Gasteiger charge is 2.26. The quantitative estimate of drug-likeness (QED) is 0.285. The number of aliphatic carboxylic acids is 1. The van der Waals surface area contributed by atoms with Crippen LogP contribution in [0.4, 0.5) is 0 Å². The number of nitrogens with zero attached hydrogens (tertiary/aromatic N) is 1. The Morgan fingerprint density at radius 2 is 1.15 bits per heavy atom. The van der Waals surface area contributed by atoms with Crippen molar-refractivity contribution in [3.05, 3.63) is 0 Å². The van der Waals surface area contributed by atoms with Crippen LogP contribution in [0.5, 0.6) is 0 Å². The van der Waals surface area contributed by atoms with Crippen LogP contribution in [0.1, 0.15) is 110 Å².